The van der Waals surface area contributed by atoms with Crippen molar-refractivity contribution in [3.8, 4) is 17.1 Å². The summed E-state index contributed by atoms with van der Waals surface area (Å²) in [6.45, 7) is 9.45. The summed E-state index contributed by atoms with van der Waals surface area (Å²) < 4.78 is 22.2. The number of hydrogen-bond acceptors (Lipinski definition) is 7. The predicted octanol–water partition coefficient (Wildman–Crippen LogP) is 4.62. The first kappa shape index (κ1) is 25.0. The molecule has 1 N–H and O–H groups in total. The second-order valence-corrected chi connectivity index (χ2v) is 8.82. The highest BCUT2D eigenvalue weighted by Gasteiger charge is 2.20. The molecule has 4 rings (SSSR count). The van der Waals surface area contributed by atoms with E-state index in [-0.39, 0.29) is 24.3 Å². The largest absolute Gasteiger partial charge is 0.463 e. The molecule has 0 spiro atoms. The van der Waals surface area contributed by atoms with Crippen molar-refractivity contribution >= 4 is 17.6 Å². The van der Waals surface area contributed by atoms with E-state index in [0.717, 1.165) is 33.8 Å². The normalized spacial score (nSPS) is 11.2. The van der Waals surface area contributed by atoms with Crippen molar-refractivity contribution in [1.82, 2.24) is 29.5 Å². The van der Waals surface area contributed by atoms with Crippen LogP contribution in [0.1, 0.15) is 43.3 Å². The standard InChI is InChI=1S/C26H30FN7O2/c1-7-20-25(18-8-10-19(27)11-9-18)33(6)32-26(20)30-22-13-23(29-14-28-22)34-17(5)21(16(4)31-34)12-24(35)36-15(2)3/h8-11,13-15H,7,12H2,1-6H3,(H,28,29,30,32). The fraction of sp³-hybridized carbons (Fsp3) is 0.346. The molecule has 0 amide bonds. The molecule has 3 aromatic heterocycles. The molecule has 0 aliphatic rings. The van der Waals surface area contributed by atoms with Crippen LogP contribution in [0, 0.1) is 19.7 Å². The lowest BCUT2D eigenvalue weighted by Gasteiger charge is -2.09. The molecule has 0 saturated carbocycles. The number of carbonyl (C=O) groups is 1. The Hall–Kier alpha value is -4.08. The first-order valence-corrected chi connectivity index (χ1v) is 11.8. The van der Waals surface area contributed by atoms with Gasteiger partial charge in [0.25, 0.3) is 0 Å². The Bertz CT molecular complexity index is 1390. The Balaban J connectivity index is 1.63. The van der Waals surface area contributed by atoms with Crippen molar-refractivity contribution < 1.29 is 13.9 Å². The van der Waals surface area contributed by atoms with E-state index in [0.29, 0.717) is 23.9 Å². The molecular formula is C26H30FN7O2. The number of ether oxygens (including phenoxy) is 1. The molecule has 0 radical (unpaired) electrons. The molecule has 9 nitrogen and oxygen atoms in total. The fourth-order valence-corrected chi connectivity index (χ4v) is 4.23. The summed E-state index contributed by atoms with van der Waals surface area (Å²) in [5.41, 5.74) is 5.14. The number of anilines is 2. The highest BCUT2D eigenvalue weighted by atomic mass is 19.1. The molecule has 0 unspecified atom stereocenters. The van der Waals surface area contributed by atoms with Gasteiger partial charge in [0.2, 0.25) is 0 Å². The Labute approximate surface area is 209 Å². The summed E-state index contributed by atoms with van der Waals surface area (Å²) in [4.78, 5) is 21.0. The average Bonchev–Trinajstić information content (AvgIpc) is 3.29. The Kier molecular flexibility index (Phi) is 7.14. The lowest BCUT2D eigenvalue weighted by atomic mass is 10.1. The third-order valence-electron chi connectivity index (χ3n) is 5.86. The zero-order chi connectivity index (χ0) is 26.0. The van der Waals surface area contributed by atoms with Crippen LogP contribution in [0.4, 0.5) is 16.0 Å². The van der Waals surface area contributed by atoms with Crippen LogP contribution < -0.4 is 5.32 Å². The van der Waals surface area contributed by atoms with Gasteiger partial charge in [0.1, 0.15) is 18.0 Å². The molecule has 4 aromatic rings. The first-order valence-electron chi connectivity index (χ1n) is 11.8. The van der Waals surface area contributed by atoms with Crippen molar-refractivity contribution in [2.45, 2.75) is 53.6 Å². The topological polar surface area (TPSA) is 99.8 Å². The van der Waals surface area contributed by atoms with Gasteiger partial charge in [0, 0.05) is 35.5 Å². The van der Waals surface area contributed by atoms with Crippen LogP contribution in [0.2, 0.25) is 0 Å². The summed E-state index contributed by atoms with van der Waals surface area (Å²) in [7, 11) is 1.86. The second kappa shape index (κ2) is 10.3. The predicted molar refractivity (Wildman–Crippen MR) is 135 cm³/mol. The maximum absolute atomic E-state index is 13.4. The number of halogens is 1. The van der Waals surface area contributed by atoms with E-state index in [4.69, 9.17) is 4.74 Å². The number of nitrogens with zero attached hydrogens (tertiary/aromatic N) is 6. The number of hydrogen-bond donors (Lipinski definition) is 1. The highest BCUT2D eigenvalue weighted by Crippen LogP contribution is 2.31. The Morgan fingerprint density at radius 2 is 1.83 bits per heavy atom. The summed E-state index contributed by atoms with van der Waals surface area (Å²) in [6, 6.07) is 8.15. The van der Waals surface area contributed by atoms with Crippen LogP contribution in [0.3, 0.4) is 0 Å². The first-order chi connectivity index (χ1) is 17.2. The molecule has 0 bridgehead atoms. The smallest absolute Gasteiger partial charge is 0.310 e. The zero-order valence-corrected chi connectivity index (χ0v) is 21.3. The summed E-state index contributed by atoms with van der Waals surface area (Å²) in [6.07, 6.45) is 2.14. The van der Waals surface area contributed by atoms with E-state index in [1.165, 1.54) is 18.5 Å². The number of benzene rings is 1. The maximum Gasteiger partial charge on any atom is 0.310 e. The van der Waals surface area contributed by atoms with Gasteiger partial charge in [-0.25, -0.2) is 19.0 Å². The maximum atomic E-state index is 13.4. The molecule has 3 heterocycles. The average molecular weight is 492 g/mol. The number of esters is 1. The van der Waals surface area contributed by atoms with Gasteiger partial charge in [0.05, 0.1) is 23.9 Å². The Morgan fingerprint density at radius 1 is 1.11 bits per heavy atom. The van der Waals surface area contributed by atoms with Crippen LogP contribution in [0.15, 0.2) is 36.7 Å². The second-order valence-electron chi connectivity index (χ2n) is 8.82. The van der Waals surface area contributed by atoms with E-state index in [2.05, 4.69) is 25.5 Å². The molecule has 36 heavy (non-hydrogen) atoms. The number of rotatable bonds is 8. The minimum absolute atomic E-state index is 0.145. The van der Waals surface area contributed by atoms with Crippen molar-refractivity contribution in [3.63, 3.8) is 0 Å². The quantitative estimate of drug-likeness (QED) is 0.359. The number of carbonyl (C=O) groups excluding carboxylic acids is 1. The van der Waals surface area contributed by atoms with Gasteiger partial charge >= 0.3 is 5.97 Å². The van der Waals surface area contributed by atoms with Crippen LogP contribution in [-0.2, 0) is 29.4 Å². The van der Waals surface area contributed by atoms with Gasteiger partial charge in [-0.1, -0.05) is 6.92 Å². The third kappa shape index (κ3) is 5.12. The van der Waals surface area contributed by atoms with E-state index in [9.17, 15) is 9.18 Å². The fourth-order valence-electron chi connectivity index (χ4n) is 4.23. The van der Waals surface area contributed by atoms with E-state index in [1.807, 2.05) is 41.7 Å². The molecule has 0 atom stereocenters. The van der Waals surface area contributed by atoms with Crippen molar-refractivity contribution in [2.75, 3.05) is 5.32 Å². The molecular weight excluding hydrogens is 461 g/mol. The molecule has 0 aliphatic carbocycles. The van der Waals surface area contributed by atoms with Crippen LogP contribution >= 0.6 is 0 Å². The summed E-state index contributed by atoms with van der Waals surface area (Å²) >= 11 is 0. The molecule has 1 aromatic carbocycles. The van der Waals surface area contributed by atoms with Gasteiger partial charge in [-0.2, -0.15) is 10.2 Å². The molecule has 0 saturated heterocycles. The van der Waals surface area contributed by atoms with Gasteiger partial charge in [-0.3, -0.25) is 9.48 Å². The van der Waals surface area contributed by atoms with Crippen molar-refractivity contribution in [3.05, 3.63) is 65.0 Å². The van der Waals surface area contributed by atoms with Crippen molar-refractivity contribution in [1.29, 1.82) is 0 Å². The monoisotopic (exact) mass is 491 g/mol. The third-order valence-corrected chi connectivity index (χ3v) is 5.86. The lowest BCUT2D eigenvalue weighted by Crippen LogP contribution is -2.14. The minimum Gasteiger partial charge on any atom is -0.463 e. The number of nitrogens with one attached hydrogen (secondary N) is 1. The van der Waals surface area contributed by atoms with Gasteiger partial charge in [-0.15, -0.1) is 0 Å². The van der Waals surface area contributed by atoms with Crippen LogP contribution in [0.5, 0.6) is 0 Å². The van der Waals surface area contributed by atoms with Crippen LogP contribution in [-0.4, -0.2) is 41.6 Å². The minimum atomic E-state index is -0.292. The van der Waals surface area contributed by atoms with Gasteiger partial charge < -0.3 is 10.1 Å². The summed E-state index contributed by atoms with van der Waals surface area (Å²) in [5.74, 6) is 1.19. The molecule has 188 valence electrons. The van der Waals surface area contributed by atoms with Crippen molar-refractivity contribution in [2.24, 2.45) is 7.05 Å². The summed E-state index contributed by atoms with van der Waals surface area (Å²) in [5, 5.41) is 12.5. The zero-order valence-electron chi connectivity index (χ0n) is 21.3. The Morgan fingerprint density at radius 3 is 2.50 bits per heavy atom. The van der Waals surface area contributed by atoms with Gasteiger partial charge in [-0.05, 0) is 58.4 Å². The van der Waals surface area contributed by atoms with E-state index >= 15 is 0 Å². The highest BCUT2D eigenvalue weighted by molar-refractivity contribution is 5.74. The molecule has 0 aliphatic heterocycles. The number of aromatic nitrogens is 6. The lowest BCUT2D eigenvalue weighted by molar-refractivity contribution is -0.146. The van der Waals surface area contributed by atoms with E-state index in [1.54, 1.807) is 27.6 Å². The van der Waals surface area contributed by atoms with Gasteiger partial charge in [0.15, 0.2) is 11.6 Å². The SMILES string of the molecule is CCc1c(Nc2cc(-n3nc(C)c(CC(=O)OC(C)C)c3C)ncn2)nn(C)c1-c1ccc(F)cc1. The number of aryl methyl sites for hydroxylation is 2. The van der Waals surface area contributed by atoms with E-state index < -0.39 is 0 Å². The molecule has 10 heteroatoms. The molecule has 0 fully saturated rings. The van der Waals surface area contributed by atoms with Crippen LogP contribution in [0.25, 0.3) is 17.1 Å².